The number of halogens is 3. The molecule has 0 atom stereocenters. The van der Waals surface area contributed by atoms with Crippen LogP contribution in [-0.2, 0) is 20.7 Å². The number of hydrogen-bond acceptors (Lipinski definition) is 3. The predicted molar refractivity (Wildman–Crippen MR) is 46.6 cm³/mol. The normalized spacial score (nSPS) is 21.1. The second-order valence-corrected chi connectivity index (χ2v) is 4.58. The molecule has 0 saturated carbocycles. The first-order chi connectivity index (χ1) is 5.68. The molecule has 1 saturated heterocycles. The van der Waals surface area contributed by atoms with Crippen LogP contribution in [0.3, 0.4) is 0 Å². The first-order valence-corrected chi connectivity index (χ1v) is 5.21. The molecule has 90 valence electrons. The Morgan fingerprint density at radius 2 is 0.933 bits per heavy atom. The predicted octanol–water partition coefficient (Wildman–Crippen LogP) is -9.36. The van der Waals surface area contributed by atoms with Crippen molar-refractivity contribution in [1.82, 2.24) is 13.2 Å². The standard InChI is InChI=1S/C8H18N3.3ClH.Ti/c1-10-5-3-9-4-6-11(2)8-7-10;;;;/h3-8H2,1-2H3;3*1H;/q-1;;;;+4/p-3. The zero-order chi connectivity index (χ0) is 8.97. The minimum Gasteiger partial charge on any atom is -1.00 e. The smallest absolute Gasteiger partial charge is 1.00 e. The zero-order valence-electron chi connectivity index (χ0n) is 9.22. The van der Waals surface area contributed by atoms with Crippen LogP contribution >= 0.6 is 0 Å². The van der Waals surface area contributed by atoms with Crippen molar-refractivity contribution in [2.75, 3.05) is 53.4 Å². The molecule has 0 radical (unpaired) electrons. The average molecular weight is 310 g/mol. The van der Waals surface area contributed by atoms with Crippen LogP contribution in [0.1, 0.15) is 0 Å². The summed E-state index contributed by atoms with van der Waals surface area (Å²) in [5.41, 5.74) is 0. The van der Waals surface area contributed by atoms with Gasteiger partial charge in [0.2, 0.25) is 0 Å². The van der Waals surface area contributed by atoms with E-state index in [4.69, 9.17) is 0 Å². The van der Waals surface area contributed by atoms with Gasteiger partial charge in [-0.3, -0.25) is 0 Å². The SMILES string of the molecule is CN1CCN(C)CC[N]([Ti+3])CC1.[Cl-].[Cl-].[Cl-]. The molecule has 0 aliphatic carbocycles. The first-order valence-electron chi connectivity index (χ1n) is 4.52. The maximum atomic E-state index is 2.40. The van der Waals surface area contributed by atoms with Crippen molar-refractivity contribution >= 4 is 0 Å². The molecule has 15 heavy (non-hydrogen) atoms. The Morgan fingerprint density at radius 3 is 1.27 bits per heavy atom. The van der Waals surface area contributed by atoms with Gasteiger partial charge in [-0.2, -0.15) is 0 Å². The zero-order valence-corrected chi connectivity index (χ0v) is 13.0. The summed E-state index contributed by atoms with van der Waals surface area (Å²) in [6.45, 7) is 7.19. The van der Waals surface area contributed by atoms with Crippen molar-refractivity contribution in [1.29, 1.82) is 0 Å². The van der Waals surface area contributed by atoms with Crippen LogP contribution in [0.2, 0.25) is 0 Å². The van der Waals surface area contributed by atoms with Gasteiger partial charge < -0.3 is 37.2 Å². The minimum atomic E-state index is 0. The molecule has 0 aromatic rings. The summed E-state index contributed by atoms with van der Waals surface area (Å²) in [5.74, 6) is 0. The van der Waals surface area contributed by atoms with E-state index in [1.165, 1.54) is 39.3 Å². The maximum Gasteiger partial charge on any atom is -1.00 e. The third kappa shape index (κ3) is 10.3. The molecule has 0 unspecified atom stereocenters. The van der Waals surface area contributed by atoms with Crippen LogP contribution in [0.15, 0.2) is 0 Å². The largest absolute Gasteiger partial charge is 1.00 e. The Morgan fingerprint density at radius 1 is 0.667 bits per heavy atom. The minimum absolute atomic E-state index is 0. The summed E-state index contributed by atoms with van der Waals surface area (Å²) < 4.78 is 2.40. The fourth-order valence-corrected chi connectivity index (χ4v) is 1.57. The van der Waals surface area contributed by atoms with Crippen molar-refractivity contribution in [3.05, 3.63) is 0 Å². The summed E-state index contributed by atoms with van der Waals surface area (Å²) in [7, 11) is 4.40. The van der Waals surface area contributed by atoms with Gasteiger partial charge in [0.15, 0.2) is 0 Å². The molecular formula is C8H18Cl3N3Ti. The topological polar surface area (TPSA) is 9.72 Å². The summed E-state index contributed by atoms with van der Waals surface area (Å²) >= 11 is 2.20. The fraction of sp³-hybridized carbons (Fsp3) is 1.00. The van der Waals surface area contributed by atoms with Crippen LogP contribution < -0.4 is 37.2 Å². The van der Waals surface area contributed by atoms with E-state index >= 15 is 0 Å². The first kappa shape index (κ1) is 21.7. The molecule has 1 fully saturated rings. The molecule has 1 rings (SSSR count). The third-order valence-electron chi connectivity index (χ3n) is 2.37. The third-order valence-corrected chi connectivity index (χ3v) is 3.07. The van der Waals surface area contributed by atoms with Gasteiger partial charge in [-0.1, -0.05) is 0 Å². The summed E-state index contributed by atoms with van der Waals surface area (Å²) in [4.78, 5) is 4.80. The van der Waals surface area contributed by atoms with Gasteiger partial charge in [0.25, 0.3) is 0 Å². The molecule has 1 aliphatic heterocycles. The molecule has 0 N–H and O–H groups in total. The summed E-state index contributed by atoms with van der Waals surface area (Å²) in [6.07, 6.45) is 0. The van der Waals surface area contributed by atoms with Crippen LogP contribution in [0.5, 0.6) is 0 Å². The van der Waals surface area contributed by atoms with Crippen molar-refractivity contribution in [2.24, 2.45) is 0 Å². The fourth-order valence-electron chi connectivity index (χ4n) is 1.26. The second kappa shape index (κ2) is 11.9. The molecular weight excluding hydrogens is 292 g/mol. The maximum absolute atomic E-state index is 2.40. The second-order valence-electron chi connectivity index (χ2n) is 3.59. The van der Waals surface area contributed by atoms with E-state index in [9.17, 15) is 0 Å². The average Bonchev–Trinajstić information content (AvgIpc) is 2.11. The van der Waals surface area contributed by atoms with Crippen LogP contribution in [0.4, 0.5) is 0 Å². The van der Waals surface area contributed by atoms with Crippen molar-refractivity contribution in [3.63, 3.8) is 0 Å². The van der Waals surface area contributed by atoms with Gasteiger partial charge >= 0.3 is 87.2 Å². The summed E-state index contributed by atoms with van der Waals surface area (Å²) in [6, 6.07) is 0. The number of rotatable bonds is 0. The Bertz CT molecular complexity index is 107. The van der Waals surface area contributed by atoms with Crippen molar-refractivity contribution in [3.8, 4) is 0 Å². The Labute approximate surface area is 124 Å². The molecule has 3 nitrogen and oxygen atoms in total. The van der Waals surface area contributed by atoms with Gasteiger partial charge in [-0.05, 0) is 0 Å². The van der Waals surface area contributed by atoms with Gasteiger partial charge in [-0.25, -0.2) is 0 Å². The number of likely N-dealkylation sites (N-methyl/N-ethyl adjacent to an activating group) is 2. The molecule has 0 bridgehead atoms. The number of hydrogen-bond donors (Lipinski definition) is 0. The molecule has 1 aliphatic rings. The van der Waals surface area contributed by atoms with Crippen LogP contribution in [0, 0.1) is 0 Å². The van der Waals surface area contributed by atoms with Crippen LogP contribution in [0.25, 0.3) is 0 Å². The Hall–Kier alpha value is 1.46. The van der Waals surface area contributed by atoms with E-state index in [1.807, 2.05) is 0 Å². The molecule has 0 aromatic heterocycles. The summed E-state index contributed by atoms with van der Waals surface area (Å²) in [5, 5.41) is 0. The van der Waals surface area contributed by atoms with E-state index in [-0.39, 0.29) is 37.2 Å². The molecule has 0 spiro atoms. The monoisotopic (exact) mass is 309 g/mol. The van der Waals surface area contributed by atoms with E-state index in [0.717, 1.165) is 0 Å². The van der Waals surface area contributed by atoms with E-state index in [1.54, 1.807) is 0 Å². The van der Waals surface area contributed by atoms with Gasteiger partial charge in [0, 0.05) is 0 Å². The van der Waals surface area contributed by atoms with Crippen molar-refractivity contribution < 1.29 is 57.9 Å². The molecule has 0 amide bonds. The quantitative estimate of drug-likeness (QED) is 0.412. The molecule has 7 heteroatoms. The molecule has 0 aromatic carbocycles. The van der Waals surface area contributed by atoms with Gasteiger partial charge in [0.05, 0.1) is 0 Å². The van der Waals surface area contributed by atoms with Crippen molar-refractivity contribution in [2.45, 2.75) is 0 Å². The van der Waals surface area contributed by atoms with E-state index in [2.05, 4.69) is 48.0 Å². The Kier molecular flexibility index (Phi) is 17.3. The van der Waals surface area contributed by atoms with Gasteiger partial charge in [0.1, 0.15) is 0 Å². The van der Waals surface area contributed by atoms with Gasteiger partial charge in [-0.15, -0.1) is 0 Å². The Balaban J connectivity index is -0.000000480. The van der Waals surface area contributed by atoms with Crippen LogP contribution in [-0.4, -0.2) is 66.5 Å². The van der Waals surface area contributed by atoms with E-state index < -0.39 is 0 Å². The van der Waals surface area contributed by atoms with E-state index in [0.29, 0.717) is 0 Å². The molecule has 1 heterocycles. The number of nitrogens with zero attached hydrogens (tertiary/aromatic N) is 3.